The topological polar surface area (TPSA) is 67.8 Å². The summed E-state index contributed by atoms with van der Waals surface area (Å²) in [4.78, 5) is 12.2. The highest BCUT2D eigenvalue weighted by atomic mass is 16.5. The average molecular weight is 293 g/mol. The van der Waals surface area contributed by atoms with Gasteiger partial charge in [0, 0.05) is 23.6 Å². The lowest BCUT2D eigenvalue weighted by molar-refractivity contribution is -0.111. The molecule has 1 fully saturated rings. The number of aromatic hydroxyl groups is 1. The van der Waals surface area contributed by atoms with Crippen molar-refractivity contribution in [2.24, 2.45) is 5.41 Å². The van der Waals surface area contributed by atoms with Crippen LogP contribution in [-0.4, -0.2) is 36.9 Å². The highest BCUT2D eigenvalue weighted by Gasteiger charge is 2.49. The van der Waals surface area contributed by atoms with E-state index in [1.165, 1.54) is 13.2 Å². The van der Waals surface area contributed by atoms with Gasteiger partial charge in [-0.2, -0.15) is 0 Å². The number of rotatable bonds is 5. The van der Waals surface area contributed by atoms with Gasteiger partial charge in [-0.25, -0.2) is 0 Å². The molecule has 1 aliphatic carbocycles. The number of carbonyl (C=O) groups excluding carboxylic acids is 1. The van der Waals surface area contributed by atoms with Crippen molar-refractivity contribution < 1.29 is 19.4 Å². The van der Waals surface area contributed by atoms with Crippen LogP contribution in [0.2, 0.25) is 0 Å². The van der Waals surface area contributed by atoms with Crippen molar-refractivity contribution in [3.05, 3.63) is 23.8 Å². The third-order valence-electron chi connectivity index (χ3n) is 4.29. The van der Waals surface area contributed by atoms with Crippen LogP contribution in [0.4, 0.5) is 0 Å². The molecule has 2 atom stereocenters. The van der Waals surface area contributed by atoms with E-state index in [2.05, 4.69) is 19.2 Å². The molecular formula is C16H23NO4. The van der Waals surface area contributed by atoms with Gasteiger partial charge >= 0.3 is 0 Å². The summed E-state index contributed by atoms with van der Waals surface area (Å²) in [7, 11) is 1.47. The Kier molecular flexibility index (Phi) is 4.42. The third-order valence-corrected chi connectivity index (χ3v) is 4.29. The van der Waals surface area contributed by atoms with Gasteiger partial charge in [0.15, 0.2) is 11.5 Å². The van der Waals surface area contributed by atoms with Gasteiger partial charge in [-0.05, 0) is 31.5 Å². The molecule has 1 aromatic carbocycles. The lowest BCUT2D eigenvalue weighted by Crippen LogP contribution is -2.62. The Bertz CT molecular complexity index is 527. The van der Waals surface area contributed by atoms with E-state index in [-0.39, 0.29) is 29.2 Å². The SMILES string of the molecule is CCOC1CC(NC(=O)c2ccc(OC)c(O)c2)C1(C)C. The molecule has 0 spiro atoms. The van der Waals surface area contributed by atoms with Crippen LogP contribution in [0.25, 0.3) is 0 Å². The van der Waals surface area contributed by atoms with E-state index in [4.69, 9.17) is 9.47 Å². The molecule has 21 heavy (non-hydrogen) atoms. The molecule has 5 heteroatoms. The van der Waals surface area contributed by atoms with Gasteiger partial charge in [-0.3, -0.25) is 4.79 Å². The van der Waals surface area contributed by atoms with Crippen molar-refractivity contribution in [2.45, 2.75) is 39.3 Å². The Morgan fingerprint density at radius 1 is 1.48 bits per heavy atom. The molecule has 2 unspecified atom stereocenters. The number of benzene rings is 1. The molecule has 0 aromatic heterocycles. The number of amides is 1. The van der Waals surface area contributed by atoms with Crippen molar-refractivity contribution in [1.29, 1.82) is 0 Å². The molecule has 0 saturated heterocycles. The molecule has 5 nitrogen and oxygen atoms in total. The first kappa shape index (κ1) is 15.6. The van der Waals surface area contributed by atoms with Crippen LogP contribution in [0, 0.1) is 5.41 Å². The van der Waals surface area contributed by atoms with Gasteiger partial charge in [0.25, 0.3) is 5.91 Å². The van der Waals surface area contributed by atoms with Crippen LogP contribution < -0.4 is 10.1 Å². The molecule has 0 bridgehead atoms. The molecular weight excluding hydrogens is 270 g/mol. The molecule has 0 aliphatic heterocycles. The zero-order valence-corrected chi connectivity index (χ0v) is 13.0. The number of methoxy groups -OCH3 is 1. The Morgan fingerprint density at radius 3 is 2.71 bits per heavy atom. The van der Waals surface area contributed by atoms with Crippen molar-refractivity contribution in [2.75, 3.05) is 13.7 Å². The minimum atomic E-state index is -0.194. The molecule has 0 heterocycles. The predicted octanol–water partition coefficient (Wildman–Crippen LogP) is 2.33. The number of nitrogens with one attached hydrogen (secondary N) is 1. The van der Waals surface area contributed by atoms with E-state index < -0.39 is 0 Å². The molecule has 1 aromatic rings. The van der Waals surface area contributed by atoms with Crippen LogP contribution in [-0.2, 0) is 4.74 Å². The van der Waals surface area contributed by atoms with Crippen molar-refractivity contribution >= 4 is 5.91 Å². The highest BCUT2D eigenvalue weighted by Crippen LogP contribution is 2.42. The second-order valence-electron chi connectivity index (χ2n) is 5.91. The van der Waals surface area contributed by atoms with E-state index >= 15 is 0 Å². The molecule has 2 rings (SSSR count). The number of hydrogen-bond donors (Lipinski definition) is 2. The molecule has 1 saturated carbocycles. The number of phenols is 1. The van der Waals surface area contributed by atoms with E-state index in [1.807, 2.05) is 6.92 Å². The first-order valence-corrected chi connectivity index (χ1v) is 7.19. The van der Waals surface area contributed by atoms with Gasteiger partial charge in [-0.15, -0.1) is 0 Å². The minimum Gasteiger partial charge on any atom is -0.504 e. The molecule has 0 radical (unpaired) electrons. The smallest absolute Gasteiger partial charge is 0.251 e. The lowest BCUT2D eigenvalue weighted by Gasteiger charge is -2.51. The maximum atomic E-state index is 12.2. The zero-order valence-electron chi connectivity index (χ0n) is 13.0. The largest absolute Gasteiger partial charge is 0.504 e. The summed E-state index contributed by atoms with van der Waals surface area (Å²) in [6, 6.07) is 4.71. The van der Waals surface area contributed by atoms with Crippen LogP contribution in [0.5, 0.6) is 11.5 Å². The summed E-state index contributed by atoms with van der Waals surface area (Å²) >= 11 is 0. The first-order valence-electron chi connectivity index (χ1n) is 7.19. The second-order valence-corrected chi connectivity index (χ2v) is 5.91. The minimum absolute atomic E-state index is 0.0368. The Balaban J connectivity index is 2.01. The Morgan fingerprint density at radius 2 is 2.19 bits per heavy atom. The number of carbonyl (C=O) groups is 1. The summed E-state index contributed by atoms with van der Waals surface area (Å²) in [5, 5.41) is 12.7. The maximum absolute atomic E-state index is 12.2. The standard InChI is InChI=1S/C16H23NO4/c1-5-21-14-9-13(16(14,2)3)17-15(19)10-6-7-12(20-4)11(18)8-10/h6-8,13-14,18H,5,9H2,1-4H3,(H,17,19). The molecule has 2 N–H and O–H groups in total. The molecule has 1 amide bonds. The summed E-state index contributed by atoms with van der Waals surface area (Å²) in [5.41, 5.74) is 0.337. The number of phenolic OH excluding ortho intramolecular Hbond substituents is 1. The maximum Gasteiger partial charge on any atom is 0.251 e. The second kappa shape index (κ2) is 5.93. The van der Waals surface area contributed by atoms with E-state index in [0.29, 0.717) is 17.9 Å². The van der Waals surface area contributed by atoms with E-state index in [0.717, 1.165) is 6.42 Å². The fourth-order valence-electron chi connectivity index (χ4n) is 2.69. The highest BCUT2D eigenvalue weighted by molar-refractivity contribution is 5.95. The van der Waals surface area contributed by atoms with Crippen molar-refractivity contribution in [1.82, 2.24) is 5.32 Å². The molecule has 116 valence electrons. The Labute approximate surface area is 125 Å². The van der Waals surface area contributed by atoms with Crippen molar-refractivity contribution in [3.8, 4) is 11.5 Å². The molecule has 1 aliphatic rings. The Hall–Kier alpha value is -1.75. The predicted molar refractivity (Wildman–Crippen MR) is 79.7 cm³/mol. The van der Waals surface area contributed by atoms with Gasteiger partial charge in [0.2, 0.25) is 0 Å². The van der Waals surface area contributed by atoms with Gasteiger partial charge in [-0.1, -0.05) is 13.8 Å². The van der Waals surface area contributed by atoms with E-state index in [1.54, 1.807) is 12.1 Å². The van der Waals surface area contributed by atoms with Crippen LogP contribution in [0.15, 0.2) is 18.2 Å². The quantitative estimate of drug-likeness (QED) is 0.874. The van der Waals surface area contributed by atoms with Crippen LogP contribution >= 0.6 is 0 Å². The van der Waals surface area contributed by atoms with Crippen LogP contribution in [0.3, 0.4) is 0 Å². The summed E-state index contributed by atoms with van der Waals surface area (Å²) < 4.78 is 10.6. The third kappa shape index (κ3) is 2.97. The fraction of sp³-hybridized carbons (Fsp3) is 0.562. The monoisotopic (exact) mass is 293 g/mol. The lowest BCUT2D eigenvalue weighted by atomic mass is 9.64. The average Bonchev–Trinajstić information content (AvgIpc) is 2.46. The van der Waals surface area contributed by atoms with Gasteiger partial charge in [0.05, 0.1) is 13.2 Å². The number of hydrogen-bond acceptors (Lipinski definition) is 4. The van der Waals surface area contributed by atoms with Crippen LogP contribution in [0.1, 0.15) is 37.6 Å². The van der Waals surface area contributed by atoms with Gasteiger partial charge < -0.3 is 19.9 Å². The van der Waals surface area contributed by atoms with Crippen molar-refractivity contribution in [3.63, 3.8) is 0 Å². The fourth-order valence-corrected chi connectivity index (χ4v) is 2.69. The number of ether oxygens (including phenoxy) is 2. The van der Waals surface area contributed by atoms with Gasteiger partial charge in [0.1, 0.15) is 0 Å². The zero-order chi connectivity index (χ0) is 15.6. The van der Waals surface area contributed by atoms with E-state index in [9.17, 15) is 9.90 Å². The summed E-state index contributed by atoms with van der Waals surface area (Å²) in [5.74, 6) is 0.123. The summed E-state index contributed by atoms with van der Waals surface area (Å²) in [6.45, 7) is 6.84. The summed E-state index contributed by atoms with van der Waals surface area (Å²) in [6.07, 6.45) is 0.992. The first-order chi connectivity index (χ1) is 9.90. The normalized spacial score (nSPS) is 23.2.